The highest BCUT2D eigenvalue weighted by molar-refractivity contribution is 7.89. The monoisotopic (exact) mass is 392 g/mol. The van der Waals surface area contributed by atoms with Crippen molar-refractivity contribution < 1.29 is 13.2 Å². The number of carbonyl (C=O) groups is 1. The predicted octanol–water partition coefficient (Wildman–Crippen LogP) is 0.350. The van der Waals surface area contributed by atoms with Gasteiger partial charge in [-0.15, -0.1) is 0 Å². The summed E-state index contributed by atoms with van der Waals surface area (Å²) in [4.78, 5) is 35.1. The van der Waals surface area contributed by atoms with Crippen LogP contribution in [0.1, 0.15) is 19.3 Å². The van der Waals surface area contributed by atoms with Crippen molar-refractivity contribution in [3.63, 3.8) is 0 Å². The van der Waals surface area contributed by atoms with Gasteiger partial charge in [-0.05, 0) is 37.1 Å². The first-order valence-electron chi connectivity index (χ1n) is 8.56. The molecule has 0 spiro atoms. The number of benzene rings is 1. The van der Waals surface area contributed by atoms with Crippen LogP contribution in [0.5, 0.6) is 0 Å². The molecule has 0 bridgehead atoms. The molecular weight excluding hydrogens is 372 g/mol. The van der Waals surface area contributed by atoms with Gasteiger partial charge >= 0.3 is 0 Å². The highest BCUT2D eigenvalue weighted by Gasteiger charge is 2.25. The van der Waals surface area contributed by atoms with Crippen molar-refractivity contribution in [2.75, 3.05) is 18.4 Å². The molecule has 2 aromatic rings. The Morgan fingerprint density at radius 1 is 1.00 bits per heavy atom. The lowest BCUT2D eigenvalue weighted by Crippen LogP contribution is -2.35. The number of hydrogen-bond donors (Lipinski definition) is 2. The summed E-state index contributed by atoms with van der Waals surface area (Å²) in [6.07, 6.45) is 2.75. The fourth-order valence-electron chi connectivity index (χ4n) is 2.89. The smallest absolute Gasteiger partial charge is 0.265 e. The van der Waals surface area contributed by atoms with E-state index >= 15 is 0 Å². The molecule has 1 saturated heterocycles. The molecule has 1 amide bonds. The van der Waals surface area contributed by atoms with Crippen LogP contribution in [0.2, 0.25) is 0 Å². The number of anilines is 1. The molecule has 1 fully saturated rings. The molecule has 1 aromatic heterocycles. The van der Waals surface area contributed by atoms with Gasteiger partial charge in [-0.2, -0.15) is 4.31 Å². The first-order valence-corrected chi connectivity index (χ1v) is 10.0. The van der Waals surface area contributed by atoms with Gasteiger partial charge < -0.3 is 5.32 Å². The maximum Gasteiger partial charge on any atom is 0.265 e. The highest BCUT2D eigenvalue weighted by atomic mass is 32.2. The third kappa shape index (κ3) is 4.52. The van der Waals surface area contributed by atoms with E-state index in [1.165, 1.54) is 28.6 Å². The van der Waals surface area contributed by atoms with Gasteiger partial charge in [-0.1, -0.05) is 6.42 Å². The summed E-state index contributed by atoms with van der Waals surface area (Å²) < 4.78 is 27.6. The van der Waals surface area contributed by atoms with Crippen molar-refractivity contribution in [1.29, 1.82) is 0 Å². The van der Waals surface area contributed by atoms with Crippen molar-refractivity contribution in [1.82, 2.24) is 14.1 Å². The van der Waals surface area contributed by atoms with Crippen molar-refractivity contribution >= 4 is 21.6 Å². The van der Waals surface area contributed by atoms with Crippen molar-refractivity contribution in [3.8, 4) is 0 Å². The molecule has 10 heteroatoms. The molecule has 0 atom stereocenters. The van der Waals surface area contributed by atoms with Crippen LogP contribution in [0.25, 0.3) is 0 Å². The Hall–Kier alpha value is -2.72. The van der Waals surface area contributed by atoms with Crippen LogP contribution >= 0.6 is 0 Å². The average molecular weight is 392 g/mol. The maximum atomic E-state index is 12.6. The van der Waals surface area contributed by atoms with E-state index in [-0.39, 0.29) is 11.4 Å². The quantitative estimate of drug-likeness (QED) is 0.760. The molecule has 1 aromatic carbocycles. The summed E-state index contributed by atoms with van der Waals surface area (Å²) in [7, 11) is -3.53. The molecule has 144 valence electrons. The van der Waals surface area contributed by atoms with Crippen LogP contribution in [-0.2, 0) is 21.4 Å². The molecule has 0 aliphatic carbocycles. The Morgan fingerprint density at radius 2 is 1.67 bits per heavy atom. The number of aromatic nitrogens is 2. The van der Waals surface area contributed by atoms with E-state index in [2.05, 4.69) is 10.4 Å². The molecule has 0 radical (unpaired) electrons. The molecule has 0 saturated carbocycles. The number of rotatable bonds is 5. The Balaban J connectivity index is 1.68. The van der Waals surface area contributed by atoms with Crippen LogP contribution in [0.3, 0.4) is 0 Å². The summed E-state index contributed by atoms with van der Waals surface area (Å²) in [6, 6.07) is 8.02. The minimum absolute atomic E-state index is 0.172. The number of nitrogens with one attached hydrogen (secondary N) is 2. The first-order chi connectivity index (χ1) is 12.9. The van der Waals surface area contributed by atoms with Gasteiger partial charge in [0.05, 0.1) is 4.90 Å². The minimum atomic E-state index is -3.53. The second-order valence-electron chi connectivity index (χ2n) is 6.27. The summed E-state index contributed by atoms with van der Waals surface area (Å²) in [5.41, 5.74) is -0.605. The van der Waals surface area contributed by atoms with E-state index in [1.54, 1.807) is 0 Å². The number of amides is 1. The molecule has 1 aliphatic heterocycles. The summed E-state index contributed by atoms with van der Waals surface area (Å²) in [5.74, 6) is -0.523. The molecule has 3 rings (SSSR count). The van der Waals surface area contributed by atoms with Crippen molar-refractivity contribution in [3.05, 3.63) is 57.1 Å². The summed E-state index contributed by atoms with van der Waals surface area (Å²) in [5, 5.41) is 4.83. The molecule has 1 aliphatic rings. The topological polar surface area (TPSA) is 121 Å². The zero-order valence-electron chi connectivity index (χ0n) is 14.6. The molecular formula is C17H20N4O5S. The standard InChI is InChI=1S/C17H20N4O5S/c22-15-8-9-17(24)21(19-15)12-16(23)18-13-4-6-14(7-5-13)27(25,26)20-10-2-1-3-11-20/h4-9H,1-3,10-12H2,(H,18,23)(H,19,22). The zero-order chi connectivity index (χ0) is 19.4. The number of aromatic amines is 1. The lowest BCUT2D eigenvalue weighted by Gasteiger charge is -2.25. The summed E-state index contributed by atoms with van der Waals surface area (Å²) in [6.45, 7) is 0.679. The number of sulfonamides is 1. The minimum Gasteiger partial charge on any atom is -0.324 e. The number of hydrogen-bond acceptors (Lipinski definition) is 5. The van der Waals surface area contributed by atoms with Crippen LogP contribution in [-0.4, -0.2) is 41.5 Å². The third-order valence-electron chi connectivity index (χ3n) is 4.28. The Labute approximate surface area is 155 Å². The largest absolute Gasteiger partial charge is 0.324 e. The fraction of sp³-hybridized carbons (Fsp3) is 0.353. The van der Waals surface area contributed by atoms with Crippen LogP contribution in [0.4, 0.5) is 5.69 Å². The van der Waals surface area contributed by atoms with Gasteiger partial charge in [-0.25, -0.2) is 13.1 Å². The van der Waals surface area contributed by atoms with E-state index < -0.39 is 27.0 Å². The van der Waals surface area contributed by atoms with E-state index in [1.807, 2.05) is 0 Å². The second kappa shape index (κ2) is 7.89. The normalized spacial score (nSPS) is 15.4. The number of carbonyl (C=O) groups excluding carboxylic acids is 1. The highest BCUT2D eigenvalue weighted by Crippen LogP contribution is 2.21. The van der Waals surface area contributed by atoms with Crippen molar-refractivity contribution in [2.45, 2.75) is 30.7 Å². The molecule has 2 N–H and O–H groups in total. The molecule has 27 heavy (non-hydrogen) atoms. The first kappa shape index (κ1) is 19.1. The SMILES string of the molecule is O=C(Cn1[nH]c(=O)ccc1=O)Nc1ccc(S(=O)(=O)N2CCCCC2)cc1. The zero-order valence-corrected chi connectivity index (χ0v) is 15.4. The van der Waals surface area contributed by atoms with Gasteiger partial charge in [0.15, 0.2) is 0 Å². The van der Waals surface area contributed by atoms with Crippen LogP contribution in [0.15, 0.2) is 50.9 Å². The third-order valence-corrected chi connectivity index (χ3v) is 6.19. The molecule has 9 nitrogen and oxygen atoms in total. The van der Waals surface area contributed by atoms with Gasteiger partial charge in [0.1, 0.15) is 6.54 Å². The number of H-pyrrole nitrogens is 1. The second-order valence-corrected chi connectivity index (χ2v) is 8.21. The molecule has 0 unspecified atom stereocenters. The Morgan fingerprint density at radius 3 is 2.33 bits per heavy atom. The lowest BCUT2D eigenvalue weighted by atomic mass is 10.2. The summed E-state index contributed by atoms with van der Waals surface area (Å²) >= 11 is 0. The lowest BCUT2D eigenvalue weighted by molar-refractivity contribution is -0.117. The van der Waals surface area contributed by atoms with Gasteiger partial charge in [0, 0.05) is 30.9 Å². The van der Waals surface area contributed by atoms with Gasteiger partial charge in [0.25, 0.3) is 11.1 Å². The van der Waals surface area contributed by atoms with Crippen molar-refractivity contribution in [2.24, 2.45) is 0 Å². The van der Waals surface area contributed by atoms with E-state index in [9.17, 15) is 22.8 Å². The Kier molecular flexibility index (Phi) is 5.57. The van der Waals surface area contributed by atoms with Gasteiger partial charge in [0.2, 0.25) is 15.9 Å². The fourth-order valence-corrected chi connectivity index (χ4v) is 4.41. The average Bonchev–Trinajstić information content (AvgIpc) is 2.66. The van der Waals surface area contributed by atoms with Crippen LogP contribution in [0, 0.1) is 0 Å². The van der Waals surface area contributed by atoms with E-state index in [4.69, 9.17) is 0 Å². The maximum absolute atomic E-state index is 12.6. The molecule has 2 heterocycles. The van der Waals surface area contributed by atoms with E-state index in [0.717, 1.165) is 36.1 Å². The number of nitrogens with zero attached hydrogens (tertiary/aromatic N) is 2. The van der Waals surface area contributed by atoms with Crippen LogP contribution < -0.4 is 16.4 Å². The van der Waals surface area contributed by atoms with Gasteiger partial charge in [-0.3, -0.25) is 19.5 Å². The van der Waals surface area contributed by atoms with E-state index in [0.29, 0.717) is 18.8 Å². The predicted molar refractivity (Wildman–Crippen MR) is 99.0 cm³/mol. The number of piperidine rings is 1. The Bertz CT molecular complexity index is 1030.